The molecule has 0 saturated carbocycles. The summed E-state index contributed by atoms with van der Waals surface area (Å²) in [6, 6.07) is 5.75. The number of rotatable bonds is 5. The maximum atomic E-state index is 5.92. The molecule has 0 radical (unpaired) electrons. The van der Waals surface area contributed by atoms with Crippen LogP contribution in [-0.2, 0) is 11.3 Å². The summed E-state index contributed by atoms with van der Waals surface area (Å²) in [6.07, 6.45) is 0.223. The highest BCUT2D eigenvalue weighted by molar-refractivity contribution is 5.79. The molecule has 0 amide bonds. The smallest absolute Gasteiger partial charge is 0.201 e. The van der Waals surface area contributed by atoms with E-state index in [2.05, 4.69) is 4.98 Å². The molecule has 18 heavy (non-hydrogen) atoms. The Balaban J connectivity index is 2.24. The Morgan fingerprint density at radius 2 is 2.17 bits per heavy atom. The lowest BCUT2D eigenvalue weighted by Crippen LogP contribution is -2.12. The van der Waals surface area contributed by atoms with E-state index in [9.17, 15) is 0 Å². The van der Waals surface area contributed by atoms with Crippen molar-refractivity contribution in [1.82, 2.24) is 9.55 Å². The van der Waals surface area contributed by atoms with Gasteiger partial charge in [0.1, 0.15) is 5.75 Å². The first-order chi connectivity index (χ1) is 8.61. The zero-order chi connectivity index (χ0) is 13.1. The van der Waals surface area contributed by atoms with Crippen LogP contribution in [0.25, 0.3) is 11.0 Å². The highest BCUT2D eigenvalue weighted by atomic mass is 16.5. The third kappa shape index (κ3) is 2.56. The summed E-state index contributed by atoms with van der Waals surface area (Å²) in [4.78, 5) is 4.32. The zero-order valence-corrected chi connectivity index (χ0v) is 11.0. The number of hydrogen-bond donors (Lipinski definition) is 1. The normalized spacial score (nSPS) is 11.3. The minimum absolute atomic E-state index is 0.223. The number of fused-ring (bicyclic) bond motifs is 1. The van der Waals surface area contributed by atoms with Gasteiger partial charge in [0, 0.05) is 12.6 Å². The van der Waals surface area contributed by atoms with Gasteiger partial charge in [0.2, 0.25) is 5.95 Å². The number of imidazole rings is 1. The number of nitrogens with two attached hydrogens (primary N) is 1. The predicted octanol–water partition coefficient (Wildman–Crippen LogP) is 2.05. The highest BCUT2D eigenvalue weighted by Gasteiger charge is 2.09. The third-order valence-corrected chi connectivity index (χ3v) is 2.75. The van der Waals surface area contributed by atoms with E-state index >= 15 is 0 Å². The Morgan fingerprint density at radius 1 is 1.39 bits per heavy atom. The average molecular weight is 249 g/mol. The fourth-order valence-electron chi connectivity index (χ4n) is 1.87. The van der Waals surface area contributed by atoms with E-state index < -0.39 is 0 Å². The number of hydrogen-bond acceptors (Lipinski definition) is 4. The molecule has 0 unspecified atom stereocenters. The lowest BCUT2D eigenvalue weighted by Gasteiger charge is -2.09. The van der Waals surface area contributed by atoms with E-state index in [0.29, 0.717) is 19.1 Å². The summed E-state index contributed by atoms with van der Waals surface area (Å²) < 4.78 is 12.7. The summed E-state index contributed by atoms with van der Waals surface area (Å²) >= 11 is 0. The average Bonchev–Trinajstić information content (AvgIpc) is 2.64. The van der Waals surface area contributed by atoms with Crippen LogP contribution in [0.2, 0.25) is 0 Å². The highest BCUT2D eigenvalue weighted by Crippen LogP contribution is 2.22. The van der Waals surface area contributed by atoms with E-state index in [1.165, 1.54) is 0 Å². The zero-order valence-electron chi connectivity index (χ0n) is 11.0. The first-order valence-electron chi connectivity index (χ1n) is 6.03. The molecule has 2 aromatic rings. The molecule has 0 saturated heterocycles. The Morgan fingerprint density at radius 3 is 2.83 bits per heavy atom. The van der Waals surface area contributed by atoms with Crippen molar-refractivity contribution in [2.45, 2.75) is 26.5 Å². The minimum atomic E-state index is 0.223. The van der Waals surface area contributed by atoms with Gasteiger partial charge >= 0.3 is 0 Å². The summed E-state index contributed by atoms with van der Waals surface area (Å²) in [5.41, 5.74) is 7.76. The van der Waals surface area contributed by atoms with Crippen LogP contribution in [-0.4, -0.2) is 29.4 Å². The molecule has 0 aliphatic carbocycles. The monoisotopic (exact) mass is 249 g/mol. The summed E-state index contributed by atoms with van der Waals surface area (Å²) in [7, 11) is 1.64. The van der Waals surface area contributed by atoms with Gasteiger partial charge in [-0.15, -0.1) is 0 Å². The van der Waals surface area contributed by atoms with Crippen LogP contribution >= 0.6 is 0 Å². The molecule has 98 valence electrons. The van der Waals surface area contributed by atoms with Crippen LogP contribution in [0.5, 0.6) is 5.75 Å². The van der Waals surface area contributed by atoms with Crippen LogP contribution in [0.3, 0.4) is 0 Å². The van der Waals surface area contributed by atoms with Crippen LogP contribution < -0.4 is 10.5 Å². The molecule has 1 aromatic heterocycles. The lowest BCUT2D eigenvalue weighted by atomic mass is 10.3. The quantitative estimate of drug-likeness (QED) is 0.881. The molecular weight excluding hydrogens is 230 g/mol. The van der Waals surface area contributed by atoms with Gasteiger partial charge in [0.25, 0.3) is 0 Å². The van der Waals surface area contributed by atoms with Crippen molar-refractivity contribution >= 4 is 17.0 Å². The number of ether oxygens (including phenoxy) is 2. The summed E-state index contributed by atoms with van der Waals surface area (Å²) in [5, 5.41) is 0. The molecule has 5 heteroatoms. The van der Waals surface area contributed by atoms with E-state index in [-0.39, 0.29) is 6.10 Å². The fourth-order valence-corrected chi connectivity index (χ4v) is 1.87. The maximum absolute atomic E-state index is 5.92. The Kier molecular flexibility index (Phi) is 3.72. The van der Waals surface area contributed by atoms with Gasteiger partial charge in [0.05, 0.1) is 30.9 Å². The Hall–Kier alpha value is -1.75. The second kappa shape index (κ2) is 5.27. The van der Waals surface area contributed by atoms with E-state index in [1.807, 2.05) is 36.6 Å². The molecule has 0 spiro atoms. The maximum Gasteiger partial charge on any atom is 0.201 e. The van der Waals surface area contributed by atoms with Gasteiger partial charge in [-0.3, -0.25) is 0 Å². The standard InChI is InChI=1S/C13H19N3O2/c1-9(2)18-7-6-16-12-5-4-10(17-3)8-11(12)15-13(16)14/h4-5,8-9H,6-7H2,1-3H3,(H2,14,15). The molecule has 1 aromatic carbocycles. The van der Waals surface area contributed by atoms with E-state index in [4.69, 9.17) is 15.2 Å². The second-order valence-electron chi connectivity index (χ2n) is 4.40. The van der Waals surface area contributed by atoms with Crippen molar-refractivity contribution < 1.29 is 9.47 Å². The predicted molar refractivity (Wildman–Crippen MR) is 71.8 cm³/mol. The molecule has 0 fully saturated rings. The Labute approximate surface area is 107 Å². The minimum Gasteiger partial charge on any atom is -0.497 e. The molecule has 2 N–H and O–H groups in total. The van der Waals surface area contributed by atoms with Crippen LogP contribution in [0.1, 0.15) is 13.8 Å². The molecule has 0 atom stereocenters. The Bertz CT molecular complexity index is 534. The van der Waals surface area contributed by atoms with Gasteiger partial charge in [-0.2, -0.15) is 0 Å². The fraction of sp³-hybridized carbons (Fsp3) is 0.462. The third-order valence-electron chi connectivity index (χ3n) is 2.75. The molecule has 1 heterocycles. The van der Waals surface area contributed by atoms with Crippen molar-refractivity contribution in [1.29, 1.82) is 0 Å². The van der Waals surface area contributed by atoms with Crippen molar-refractivity contribution in [2.24, 2.45) is 0 Å². The van der Waals surface area contributed by atoms with Gasteiger partial charge < -0.3 is 19.8 Å². The molecule has 0 bridgehead atoms. The SMILES string of the molecule is COc1ccc2c(c1)nc(N)n2CCOC(C)C. The van der Waals surface area contributed by atoms with Crippen molar-refractivity contribution in [2.75, 3.05) is 19.5 Å². The first kappa shape index (κ1) is 12.7. The van der Waals surface area contributed by atoms with E-state index in [1.54, 1.807) is 7.11 Å². The number of nitrogen functional groups attached to an aromatic ring is 1. The van der Waals surface area contributed by atoms with Crippen molar-refractivity contribution in [3.05, 3.63) is 18.2 Å². The second-order valence-corrected chi connectivity index (χ2v) is 4.40. The van der Waals surface area contributed by atoms with Crippen LogP contribution in [0, 0.1) is 0 Å². The van der Waals surface area contributed by atoms with Crippen LogP contribution in [0.15, 0.2) is 18.2 Å². The van der Waals surface area contributed by atoms with Gasteiger partial charge in [-0.05, 0) is 26.0 Å². The number of benzene rings is 1. The summed E-state index contributed by atoms with van der Waals surface area (Å²) in [6.45, 7) is 5.35. The van der Waals surface area contributed by atoms with Gasteiger partial charge in [-0.1, -0.05) is 0 Å². The van der Waals surface area contributed by atoms with E-state index in [0.717, 1.165) is 16.8 Å². The number of methoxy groups -OCH3 is 1. The summed E-state index contributed by atoms with van der Waals surface area (Å²) in [5.74, 6) is 1.29. The molecular formula is C13H19N3O2. The lowest BCUT2D eigenvalue weighted by molar-refractivity contribution is 0.0735. The largest absolute Gasteiger partial charge is 0.497 e. The molecule has 2 rings (SSSR count). The number of nitrogens with zero attached hydrogens (tertiary/aromatic N) is 2. The van der Waals surface area contributed by atoms with Crippen LogP contribution in [0.4, 0.5) is 5.95 Å². The topological polar surface area (TPSA) is 62.3 Å². The number of aromatic nitrogens is 2. The molecule has 0 aliphatic heterocycles. The molecule has 5 nitrogen and oxygen atoms in total. The number of anilines is 1. The van der Waals surface area contributed by atoms with Crippen molar-refractivity contribution in [3.8, 4) is 5.75 Å². The van der Waals surface area contributed by atoms with Crippen molar-refractivity contribution in [3.63, 3.8) is 0 Å². The van der Waals surface area contributed by atoms with Gasteiger partial charge in [0.15, 0.2) is 0 Å². The first-order valence-corrected chi connectivity index (χ1v) is 6.03. The van der Waals surface area contributed by atoms with Gasteiger partial charge in [-0.25, -0.2) is 4.98 Å². The molecule has 0 aliphatic rings.